The molecule has 2 rings (SSSR count). The Bertz CT molecular complexity index is 949. The molecule has 0 saturated carbocycles. The molecule has 1 atom stereocenters. The molecule has 0 spiro atoms. The van der Waals surface area contributed by atoms with Crippen molar-refractivity contribution in [1.82, 2.24) is 10.6 Å². The number of carboxylic acids is 1. The van der Waals surface area contributed by atoms with E-state index in [1.54, 1.807) is 19.1 Å². The molecular weight excluding hydrogens is 356 g/mol. The molecule has 1 heterocycles. The van der Waals surface area contributed by atoms with Gasteiger partial charge in [0.15, 0.2) is 6.10 Å². The van der Waals surface area contributed by atoms with Crippen molar-refractivity contribution in [2.45, 2.75) is 26.9 Å². The molecule has 1 aromatic heterocycles. The zero-order valence-electron chi connectivity index (χ0n) is 15.1. The highest BCUT2D eigenvalue weighted by Gasteiger charge is 2.16. The van der Waals surface area contributed by atoms with Gasteiger partial charge in [-0.15, -0.1) is 0 Å². The SMILES string of the molecule is Cc1c(C)c2ccc(O[C@H](C)C(=O)NCC(=O)NCC(=O)[O-])cc2oc1=O. The molecule has 2 N–H and O–H groups in total. The first-order valence-corrected chi connectivity index (χ1v) is 8.14. The monoisotopic (exact) mass is 375 g/mol. The fraction of sp³-hybridized carbons (Fsp3) is 0.333. The van der Waals surface area contributed by atoms with Gasteiger partial charge in [0.1, 0.15) is 11.3 Å². The predicted molar refractivity (Wildman–Crippen MR) is 93.1 cm³/mol. The summed E-state index contributed by atoms with van der Waals surface area (Å²) in [5, 5.41) is 15.4. The van der Waals surface area contributed by atoms with Gasteiger partial charge in [-0.2, -0.15) is 0 Å². The average molecular weight is 375 g/mol. The number of ether oxygens (including phenoxy) is 1. The minimum Gasteiger partial charge on any atom is -0.548 e. The van der Waals surface area contributed by atoms with Gasteiger partial charge < -0.3 is 29.7 Å². The number of aryl methyl sites for hydroxylation is 1. The van der Waals surface area contributed by atoms with Crippen LogP contribution in [0, 0.1) is 13.8 Å². The Kier molecular flexibility index (Phi) is 6.17. The molecule has 27 heavy (non-hydrogen) atoms. The third-order valence-electron chi connectivity index (χ3n) is 3.96. The predicted octanol–water partition coefficient (Wildman–Crippen LogP) is -0.841. The van der Waals surface area contributed by atoms with E-state index in [1.165, 1.54) is 13.0 Å². The van der Waals surface area contributed by atoms with E-state index in [9.17, 15) is 24.3 Å². The summed E-state index contributed by atoms with van der Waals surface area (Å²) in [7, 11) is 0. The van der Waals surface area contributed by atoms with Crippen molar-refractivity contribution >= 4 is 28.8 Å². The summed E-state index contributed by atoms with van der Waals surface area (Å²) in [6, 6.07) is 4.89. The fourth-order valence-corrected chi connectivity index (χ4v) is 2.30. The van der Waals surface area contributed by atoms with Crippen LogP contribution in [0.1, 0.15) is 18.1 Å². The lowest BCUT2D eigenvalue weighted by Gasteiger charge is -2.15. The van der Waals surface area contributed by atoms with Crippen LogP contribution in [0.2, 0.25) is 0 Å². The van der Waals surface area contributed by atoms with Crippen molar-refractivity contribution in [2.24, 2.45) is 0 Å². The molecule has 0 fully saturated rings. The van der Waals surface area contributed by atoms with Crippen molar-refractivity contribution in [1.29, 1.82) is 0 Å². The quantitative estimate of drug-likeness (QED) is 0.602. The molecule has 0 aliphatic heterocycles. The number of fused-ring (bicyclic) bond motifs is 1. The van der Waals surface area contributed by atoms with Crippen LogP contribution >= 0.6 is 0 Å². The molecule has 0 unspecified atom stereocenters. The summed E-state index contributed by atoms with van der Waals surface area (Å²) < 4.78 is 10.8. The standard InChI is InChI=1S/C18H20N2O7/c1-9-10(2)18(25)27-14-6-12(4-5-13(9)14)26-11(3)17(24)20-7-15(21)19-8-16(22)23/h4-6,11H,7-8H2,1-3H3,(H,19,21)(H,20,24)(H,22,23)/p-1/t11-/m1/s1. The van der Waals surface area contributed by atoms with E-state index in [1.807, 2.05) is 6.92 Å². The lowest BCUT2D eigenvalue weighted by molar-refractivity contribution is -0.304. The summed E-state index contributed by atoms with van der Waals surface area (Å²) >= 11 is 0. The summed E-state index contributed by atoms with van der Waals surface area (Å²) in [5.74, 6) is -2.35. The number of carbonyl (C=O) groups excluding carboxylic acids is 3. The Morgan fingerprint density at radius 2 is 1.85 bits per heavy atom. The lowest BCUT2D eigenvalue weighted by Crippen LogP contribution is -2.45. The molecule has 9 nitrogen and oxygen atoms in total. The summed E-state index contributed by atoms with van der Waals surface area (Å²) in [6.07, 6.45) is -0.936. The average Bonchev–Trinajstić information content (AvgIpc) is 2.62. The number of rotatable bonds is 7. The van der Waals surface area contributed by atoms with Crippen molar-refractivity contribution < 1.29 is 28.6 Å². The van der Waals surface area contributed by atoms with Crippen LogP contribution < -0.4 is 26.1 Å². The van der Waals surface area contributed by atoms with E-state index in [0.29, 0.717) is 16.9 Å². The number of aliphatic carboxylic acids is 1. The minimum atomic E-state index is -1.43. The summed E-state index contributed by atoms with van der Waals surface area (Å²) in [4.78, 5) is 45.4. The Morgan fingerprint density at radius 3 is 2.52 bits per heavy atom. The highest BCUT2D eigenvalue weighted by atomic mass is 16.5. The second-order valence-electron chi connectivity index (χ2n) is 5.92. The van der Waals surface area contributed by atoms with Gasteiger partial charge >= 0.3 is 5.63 Å². The number of carbonyl (C=O) groups is 3. The Labute approximate surface area is 154 Å². The number of amides is 2. The topological polar surface area (TPSA) is 138 Å². The maximum absolute atomic E-state index is 12.0. The molecule has 0 aliphatic carbocycles. The van der Waals surface area contributed by atoms with Gasteiger partial charge in [-0.05, 0) is 38.5 Å². The van der Waals surface area contributed by atoms with Crippen molar-refractivity contribution in [3.8, 4) is 5.75 Å². The molecule has 144 valence electrons. The van der Waals surface area contributed by atoms with Gasteiger partial charge in [-0.1, -0.05) is 0 Å². The van der Waals surface area contributed by atoms with Crippen LogP contribution in [0.3, 0.4) is 0 Å². The number of hydrogen-bond acceptors (Lipinski definition) is 7. The van der Waals surface area contributed by atoms with E-state index in [2.05, 4.69) is 10.6 Å². The van der Waals surface area contributed by atoms with Crippen LogP contribution in [0.15, 0.2) is 27.4 Å². The van der Waals surface area contributed by atoms with Crippen LogP contribution in [-0.4, -0.2) is 37.0 Å². The number of nitrogens with one attached hydrogen (secondary N) is 2. The van der Waals surface area contributed by atoms with Gasteiger partial charge in [0, 0.05) is 17.0 Å². The third kappa shape index (κ3) is 5.06. The maximum atomic E-state index is 12.0. The number of benzene rings is 1. The second-order valence-corrected chi connectivity index (χ2v) is 5.92. The van der Waals surface area contributed by atoms with E-state index in [4.69, 9.17) is 9.15 Å². The first-order valence-electron chi connectivity index (χ1n) is 8.14. The molecule has 9 heteroatoms. The van der Waals surface area contributed by atoms with E-state index >= 15 is 0 Å². The van der Waals surface area contributed by atoms with E-state index in [-0.39, 0.29) is 0 Å². The Morgan fingerprint density at radius 1 is 1.15 bits per heavy atom. The molecule has 0 radical (unpaired) electrons. The van der Waals surface area contributed by atoms with Crippen LogP contribution in [-0.2, 0) is 14.4 Å². The van der Waals surface area contributed by atoms with Crippen LogP contribution in [0.5, 0.6) is 5.75 Å². The minimum absolute atomic E-state index is 0.318. The van der Waals surface area contributed by atoms with Gasteiger partial charge in [-0.3, -0.25) is 9.59 Å². The first kappa shape index (κ1) is 20.0. The largest absolute Gasteiger partial charge is 0.548 e. The Hall–Kier alpha value is -3.36. The molecule has 0 saturated heterocycles. The van der Waals surface area contributed by atoms with E-state index < -0.39 is 42.6 Å². The molecule has 1 aromatic carbocycles. The molecule has 2 amide bonds. The van der Waals surface area contributed by atoms with Crippen molar-refractivity contribution in [3.05, 3.63) is 39.7 Å². The highest BCUT2D eigenvalue weighted by Crippen LogP contribution is 2.24. The molecular formula is C18H19N2O7-. The number of carboxylic acid groups (broad SMARTS) is 1. The molecule has 0 aliphatic rings. The lowest BCUT2D eigenvalue weighted by atomic mass is 10.1. The zero-order valence-corrected chi connectivity index (χ0v) is 15.1. The number of hydrogen-bond donors (Lipinski definition) is 2. The third-order valence-corrected chi connectivity index (χ3v) is 3.96. The zero-order chi connectivity index (χ0) is 20.1. The molecule has 0 bridgehead atoms. The van der Waals surface area contributed by atoms with Crippen LogP contribution in [0.4, 0.5) is 0 Å². The van der Waals surface area contributed by atoms with Gasteiger partial charge in [0.25, 0.3) is 5.91 Å². The van der Waals surface area contributed by atoms with Crippen molar-refractivity contribution in [3.63, 3.8) is 0 Å². The van der Waals surface area contributed by atoms with Gasteiger partial charge in [-0.25, -0.2) is 4.79 Å². The second kappa shape index (κ2) is 8.35. The summed E-state index contributed by atoms with van der Waals surface area (Å²) in [5.41, 5.74) is 1.24. The summed E-state index contributed by atoms with van der Waals surface area (Å²) in [6.45, 7) is 3.94. The van der Waals surface area contributed by atoms with Gasteiger partial charge in [0.05, 0.1) is 19.1 Å². The van der Waals surface area contributed by atoms with Gasteiger partial charge in [0.2, 0.25) is 5.91 Å². The highest BCUT2D eigenvalue weighted by molar-refractivity contribution is 5.88. The normalized spacial score (nSPS) is 11.7. The van der Waals surface area contributed by atoms with Crippen LogP contribution in [0.25, 0.3) is 11.0 Å². The van der Waals surface area contributed by atoms with Crippen molar-refractivity contribution in [2.75, 3.05) is 13.1 Å². The maximum Gasteiger partial charge on any atom is 0.339 e. The van der Waals surface area contributed by atoms with E-state index in [0.717, 1.165) is 10.9 Å². The Balaban J connectivity index is 2.00. The molecule has 2 aromatic rings. The fourth-order valence-electron chi connectivity index (χ4n) is 2.30. The smallest absolute Gasteiger partial charge is 0.339 e. The first-order chi connectivity index (χ1) is 12.7.